The fraction of sp³-hybridized carbons (Fsp3) is 0.700. The molecule has 0 bridgehead atoms. The Labute approximate surface area is 186 Å². The number of halogens is 1. The third-order valence-corrected chi connectivity index (χ3v) is 7.22. The van der Waals surface area contributed by atoms with Crippen molar-refractivity contribution < 1.29 is 9.59 Å². The van der Waals surface area contributed by atoms with Crippen LogP contribution in [0.2, 0.25) is 5.02 Å². The molecule has 2 aliphatic heterocycles. The summed E-state index contributed by atoms with van der Waals surface area (Å²) < 4.78 is 0. The first-order valence-corrected chi connectivity index (χ1v) is 12.3. The van der Waals surface area contributed by atoms with Crippen LogP contribution in [0, 0.1) is 0 Å². The van der Waals surface area contributed by atoms with Crippen LogP contribution in [-0.4, -0.2) is 113 Å². The van der Waals surface area contributed by atoms with Crippen molar-refractivity contribution in [2.24, 2.45) is 0 Å². The van der Waals surface area contributed by atoms with Gasteiger partial charge >= 0.3 is 0 Å². The molecule has 0 spiro atoms. The molecular formula is C20H29ClN6O2S. The van der Waals surface area contributed by atoms with Gasteiger partial charge in [0, 0.05) is 58.4 Å². The molecule has 10 heteroatoms. The average molecular weight is 453 g/mol. The molecule has 2 amide bonds. The second-order valence-corrected chi connectivity index (χ2v) is 9.30. The summed E-state index contributed by atoms with van der Waals surface area (Å²) in [7, 11) is 0. The van der Waals surface area contributed by atoms with Gasteiger partial charge in [0.15, 0.2) is 10.9 Å². The number of piperazine rings is 2. The van der Waals surface area contributed by atoms with E-state index in [2.05, 4.69) is 19.8 Å². The van der Waals surface area contributed by atoms with Crippen molar-refractivity contribution in [1.82, 2.24) is 29.6 Å². The third-order valence-electron chi connectivity index (χ3n) is 6.38. The topological polar surface area (TPSA) is 72.9 Å². The molecule has 30 heavy (non-hydrogen) atoms. The van der Waals surface area contributed by atoms with E-state index < -0.39 is 0 Å². The Hall–Kier alpha value is -1.42. The normalized spacial score (nSPS) is 21.5. The molecule has 3 aliphatic rings. The first-order valence-electron chi connectivity index (χ1n) is 10.6. The van der Waals surface area contributed by atoms with Crippen molar-refractivity contribution in [3.63, 3.8) is 0 Å². The van der Waals surface area contributed by atoms with Gasteiger partial charge in [0.25, 0.3) is 5.91 Å². The molecular weight excluding hydrogens is 424 g/mol. The van der Waals surface area contributed by atoms with Gasteiger partial charge in [-0.2, -0.15) is 0 Å². The number of rotatable bonds is 5. The molecule has 3 fully saturated rings. The van der Waals surface area contributed by atoms with Gasteiger partial charge < -0.3 is 9.80 Å². The van der Waals surface area contributed by atoms with Crippen molar-refractivity contribution in [2.75, 3.05) is 65.2 Å². The average Bonchev–Trinajstić information content (AvgIpc) is 2.73. The highest BCUT2D eigenvalue weighted by molar-refractivity contribution is 7.98. The van der Waals surface area contributed by atoms with E-state index in [-0.39, 0.29) is 22.5 Å². The fourth-order valence-electron chi connectivity index (χ4n) is 4.24. The maximum Gasteiger partial charge on any atom is 0.274 e. The summed E-state index contributed by atoms with van der Waals surface area (Å²) in [5, 5.41) is 0.806. The highest BCUT2D eigenvalue weighted by Gasteiger charge is 2.31. The van der Waals surface area contributed by atoms with Gasteiger partial charge in [0.05, 0.1) is 17.8 Å². The van der Waals surface area contributed by atoms with Crippen LogP contribution in [0.25, 0.3) is 0 Å². The van der Waals surface area contributed by atoms with Crippen molar-refractivity contribution in [2.45, 2.75) is 30.5 Å². The van der Waals surface area contributed by atoms with Gasteiger partial charge in [0.1, 0.15) is 0 Å². The van der Waals surface area contributed by atoms with Crippen LogP contribution < -0.4 is 0 Å². The summed E-state index contributed by atoms with van der Waals surface area (Å²) in [5.74, 6) is 0.0299. The molecule has 1 aromatic rings. The number of amides is 2. The highest BCUT2D eigenvalue weighted by atomic mass is 35.5. The Bertz CT molecular complexity index is 777. The largest absolute Gasteiger partial charge is 0.339 e. The second-order valence-electron chi connectivity index (χ2n) is 8.12. The summed E-state index contributed by atoms with van der Waals surface area (Å²) in [6.45, 7) is 6.57. The molecule has 1 aliphatic carbocycles. The van der Waals surface area contributed by atoms with Crippen molar-refractivity contribution in [3.8, 4) is 0 Å². The Kier molecular flexibility index (Phi) is 7.12. The molecule has 8 nitrogen and oxygen atoms in total. The zero-order valence-electron chi connectivity index (χ0n) is 17.4. The molecule has 1 saturated carbocycles. The van der Waals surface area contributed by atoms with Gasteiger partial charge in [0.2, 0.25) is 5.91 Å². The summed E-state index contributed by atoms with van der Waals surface area (Å²) in [6.07, 6.45) is 7.32. The summed E-state index contributed by atoms with van der Waals surface area (Å²) in [6, 6.07) is 0.753. The smallest absolute Gasteiger partial charge is 0.274 e. The minimum Gasteiger partial charge on any atom is -0.339 e. The lowest BCUT2D eigenvalue weighted by atomic mass is 9.91. The molecule has 0 N–H and O–H groups in total. The molecule has 164 valence electrons. The van der Waals surface area contributed by atoms with Crippen LogP contribution in [0.3, 0.4) is 0 Å². The van der Waals surface area contributed by atoms with Crippen LogP contribution in [0.5, 0.6) is 0 Å². The standard InChI is InChI=1S/C20H29ClN6O2S/c1-30-20-22-13-16(21)18(23-20)19(29)27-7-5-24(6-8-27)14-17(28)26-11-9-25(10-12-26)15-3-2-4-15/h13,15H,2-12,14H2,1H3. The number of hydrogen-bond donors (Lipinski definition) is 0. The summed E-state index contributed by atoms with van der Waals surface area (Å²) >= 11 is 7.53. The van der Waals surface area contributed by atoms with Crippen LogP contribution in [-0.2, 0) is 4.79 Å². The second kappa shape index (κ2) is 9.80. The molecule has 0 aromatic carbocycles. The first kappa shape index (κ1) is 21.8. The van der Waals surface area contributed by atoms with Crippen LogP contribution in [0.15, 0.2) is 11.4 Å². The zero-order chi connectivity index (χ0) is 21.1. The van der Waals surface area contributed by atoms with E-state index in [4.69, 9.17) is 11.6 Å². The number of carbonyl (C=O) groups excluding carboxylic acids is 2. The lowest BCUT2D eigenvalue weighted by Gasteiger charge is -2.43. The monoisotopic (exact) mass is 452 g/mol. The Morgan fingerprint density at radius 2 is 1.73 bits per heavy atom. The quantitative estimate of drug-likeness (QED) is 0.492. The van der Waals surface area contributed by atoms with Crippen molar-refractivity contribution in [3.05, 3.63) is 16.9 Å². The predicted molar refractivity (Wildman–Crippen MR) is 117 cm³/mol. The molecule has 2 saturated heterocycles. The molecule has 3 heterocycles. The van der Waals surface area contributed by atoms with E-state index in [9.17, 15) is 9.59 Å². The minimum atomic E-state index is -0.171. The maximum atomic E-state index is 12.8. The van der Waals surface area contributed by atoms with Crippen LogP contribution in [0.1, 0.15) is 29.8 Å². The van der Waals surface area contributed by atoms with Gasteiger partial charge in [-0.1, -0.05) is 29.8 Å². The van der Waals surface area contributed by atoms with Gasteiger partial charge in [-0.25, -0.2) is 9.97 Å². The first-order chi connectivity index (χ1) is 14.5. The molecule has 1 aromatic heterocycles. The zero-order valence-corrected chi connectivity index (χ0v) is 19.0. The van der Waals surface area contributed by atoms with E-state index in [0.717, 1.165) is 32.2 Å². The lowest BCUT2D eigenvalue weighted by Crippen LogP contribution is -2.56. The van der Waals surface area contributed by atoms with Crippen molar-refractivity contribution >= 4 is 35.2 Å². The van der Waals surface area contributed by atoms with E-state index in [1.807, 2.05) is 11.2 Å². The Balaban J connectivity index is 1.23. The van der Waals surface area contributed by atoms with E-state index in [1.54, 1.807) is 4.90 Å². The number of nitrogens with zero attached hydrogens (tertiary/aromatic N) is 6. The SMILES string of the molecule is CSc1ncc(Cl)c(C(=O)N2CCN(CC(=O)N3CCN(C4CCC4)CC3)CC2)n1. The van der Waals surface area contributed by atoms with Crippen molar-refractivity contribution in [1.29, 1.82) is 0 Å². The molecule has 4 rings (SSSR count). The van der Waals surface area contributed by atoms with Crippen LogP contribution in [0.4, 0.5) is 0 Å². The summed E-state index contributed by atoms with van der Waals surface area (Å²) in [4.78, 5) is 42.4. The molecule has 0 radical (unpaired) electrons. The predicted octanol–water partition coefficient (Wildman–Crippen LogP) is 1.31. The lowest BCUT2D eigenvalue weighted by molar-refractivity contribution is -0.135. The van der Waals surface area contributed by atoms with Gasteiger partial charge in [-0.15, -0.1) is 0 Å². The Morgan fingerprint density at radius 1 is 1.07 bits per heavy atom. The third kappa shape index (κ3) is 4.90. The fourth-order valence-corrected chi connectivity index (χ4v) is 4.75. The number of carbonyl (C=O) groups is 2. The van der Waals surface area contributed by atoms with E-state index in [1.165, 1.54) is 37.2 Å². The molecule has 0 atom stereocenters. The van der Waals surface area contributed by atoms with Crippen LogP contribution >= 0.6 is 23.4 Å². The van der Waals surface area contributed by atoms with Gasteiger partial charge in [-0.05, 0) is 19.1 Å². The maximum absolute atomic E-state index is 12.8. The Morgan fingerprint density at radius 3 is 2.33 bits per heavy atom. The minimum absolute atomic E-state index is 0.171. The number of hydrogen-bond acceptors (Lipinski definition) is 7. The van der Waals surface area contributed by atoms with E-state index in [0.29, 0.717) is 37.9 Å². The molecule has 0 unspecified atom stereocenters. The van der Waals surface area contributed by atoms with Gasteiger partial charge in [-0.3, -0.25) is 19.4 Å². The van der Waals surface area contributed by atoms with E-state index >= 15 is 0 Å². The summed E-state index contributed by atoms with van der Waals surface area (Å²) in [5.41, 5.74) is 0.255. The number of thioether (sulfide) groups is 1. The number of aromatic nitrogens is 2. The highest BCUT2D eigenvalue weighted by Crippen LogP contribution is 2.25.